The van der Waals surface area contributed by atoms with E-state index in [0.717, 1.165) is 0 Å². The summed E-state index contributed by atoms with van der Waals surface area (Å²) < 4.78 is 27.0. The lowest BCUT2D eigenvalue weighted by Gasteiger charge is -2.38. The molecule has 0 saturated carbocycles. The van der Waals surface area contributed by atoms with Crippen LogP contribution in [-0.2, 0) is 14.3 Å². The van der Waals surface area contributed by atoms with Crippen LogP contribution in [0.15, 0.2) is 41.7 Å². The molecule has 2 aromatic carbocycles. The molecule has 9 nitrogen and oxygen atoms in total. The first-order valence-electron chi connectivity index (χ1n) is 11.5. The monoisotopic (exact) mass is 530 g/mol. The van der Waals surface area contributed by atoms with Crippen LogP contribution in [0.1, 0.15) is 41.6 Å². The highest BCUT2D eigenvalue weighted by Crippen LogP contribution is 2.55. The van der Waals surface area contributed by atoms with Crippen molar-refractivity contribution in [2.75, 3.05) is 28.4 Å². The fourth-order valence-electron chi connectivity index (χ4n) is 5.01. The van der Waals surface area contributed by atoms with Gasteiger partial charge in [-0.25, -0.2) is 0 Å². The van der Waals surface area contributed by atoms with Crippen molar-refractivity contribution in [2.45, 2.75) is 31.3 Å². The number of aliphatic hydroxyl groups is 1. The molecule has 0 aromatic heterocycles. The van der Waals surface area contributed by atoms with Crippen molar-refractivity contribution in [3.05, 3.63) is 57.8 Å². The van der Waals surface area contributed by atoms with E-state index < -0.39 is 40.7 Å². The SMILES string of the molecule is COC(=O)C[C@H](C1=C(O)[C@@]2(Oc3c(Cl)c(OC)cc(OC)c3C2=O)[C@H](C)CC1=O)c1ccc(OC)cc1. The lowest BCUT2D eigenvalue weighted by Crippen LogP contribution is -2.53. The summed E-state index contributed by atoms with van der Waals surface area (Å²) in [4.78, 5) is 39.8. The highest BCUT2D eigenvalue weighted by Gasteiger charge is 2.61. The third-order valence-corrected chi connectivity index (χ3v) is 7.33. The Balaban J connectivity index is 1.94. The fraction of sp³-hybridized carbons (Fsp3) is 0.370. The Bertz CT molecular complexity index is 1300. The summed E-state index contributed by atoms with van der Waals surface area (Å²) in [5.74, 6) is -2.94. The molecule has 2 aliphatic rings. The van der Waals surface area contributed by atoms with Gasteiger partial charge in [-0.3, -0.25) is 14.4 Å². The van der Waals surface area contributed by atoms with Crippen molar-refractivity contribution in [1.82, 2.24) is 0 Å². The predicted octanol–water partition coefficient (Wildman–Crippen LogP) is 4.45. The van der Waals surface area contributed by atoms with Crippen LogP contribution in [0.2, 0.25) is 5.02 Å². The van der Waals surface area contributed by atoms with Crippen LogP contribution in [0.4, 0.5) is 0 Å². The Morgan fingerprint density at radius 1 is 1.11 bits per heavy atom. The standard InChI is InChI=1S/C27H27ClO9/c1-13-10-17(29)21(16(11-20(30)36-5)14-6-8-15(33-2)9-7-14)25(31)27(13)26(32)22-18(34-3)12-19(35-4)23(28)24(22)37-27/h6-9,12-13,16,31H,10-11H2,1-5H3/t13-,16+,27+/m1/s1. The van der Waals surface area contributed by atoms with Crippen LogP contribution in [0.5, 0.6) is 23.0 Å². The number of ketones is 2. The van der Waals surface area contributed by atoms with Crippen LogP contribution < -0.4 is 18.9 Å². The van der Waals surface area contributed by atoms with Crippen LogP contribution in [0.3, 0.4) is 0 Å². The van der Waals surface area contributed by atoms with Crippen LogP contribution in [-0.4, -0.2) is 56.7 Å². The molecule has 2 aromatic rings. The van der Waals surface area contributed by atoms with E-state index in [2.05, 4.69) is 0 Å². The van der Waals surface area contributed by atoms with E-state index >= 15 is 0 Å². The summed E-state index contributed by atoms with van der Waals surface area (Å²) >= 11 is 6.49. The number of allylic oxidation sites excluding steroid dienone is 1. The van der Waals surface area contributed by atoms with Gasteiger partial charge in [-0.15, -0.1) is 0 Å². The van der Waals surface area contributed by atoms with Gasteiger partial charge in [0, 0.05) is 29.9 Å². The fourth-order valence-corrected chi connectivity index (χ4v) is 5.28. The maximum atomic E-state index is 14.0. The Labute approximate surface area is 218 Å². The number of carbonyl (C=O) groups excluding carboxylic acids is 3. The van der Waals surface area contributed by atoms with Gasteiger partial charge >= 0.3 is 5.97 Å². The third-order valence-electron chi connectivity index (χ3n) is 6.98. The first kappa shape index (κ1) is 26.3. The molecule has 1 N–H and O–H groups in total. The topological polar surface area (TPSA) is 118 Å². The molecule has 1 heterocycles. The predicted molar refractivity (Wildman–Crippen MR) is 133 cm³/mol. The van der Waals surface area contributed by atoms with Gasteiger partial charge in [0.1, 0.15) is 27.8 Å². The molecule has 196 valence electrons. The van der Waals surface area contributed by atoms with Gasteiger partial charge in [0.15, 0.2) is 17.3 Å². The second-order valence-corrected chi connectivity index (χ2v) is 9.24. The minimum Gasteiger partial charge on any atom is -0.507 e. The van der Waals surface area contributed by atoms with E-state index in [9.17, 15) is 19.5 Å². The Morgan fingerprint density at radius 3 is 2.32 bits per heavy atom. The maximum absolute atomic E-state index is 14.0. The second kappa shape index (κ2) is 9.97. The number of benzene rings is 2. The molecule has 0 unspecified atom stereocenters. The Hall–Kier alpha value is -3.72. The lowest BCUT2D eigenvalue weighted by atomic mass is 9.69. The van der Waals surface area contributed by atoms with Crippen molar-refractivity contribution in [3.8, 4) is 23.0 Å². The van der Waals surface area contributed by atoms with E-state index in [1.807, 2.05) is 0 Å². The van der Waals surface area contributed by atoms with Gasteiger partial charge < -0.3 is 28.8 Å². The Morgan fingerprint density at radius 2 is 1.76 bits per heavy atom. The van der Waals surface area contributed by atoms with Crippen LogP contribution >= 0.6 is 11.6 Å². The number of esters is 1. The largest absolute Gasteiger partial charge is 0.507 e. The van der Waals surface area contributed by atoms with Gasteiger partial charge in [-0.1, -0.05) is 30.7 Å². The molecule has 10 heteroatoms. The summed E-state index contributed by atoms with van der Waals surface area (Å²) in [7, 11) is 5.53. The molecule has 0 radical (unpaired) electrons. The van der Waals surface area contributed by atoms with Gasteiger partial charge in [-0.05, 0) is 17.7 Å². The highest BCUT2D eigenvalue weighted by molar-refractivity contribution is 6.35. The zero-order valence-corrected chi connectivity index (χ0v) is 21.8. The maximum Gasteiger partial charge on any atom is 0.306 e. The van der Waals surface area contributed by atoms with Gasteiger partial charge in [0.2, 0.25) is 11.4 Å². The summed E-state index contributed by atoms with van der Waals surface area (Å²) in [6, 6.07) is 8.17. The number of rotatable bonds is 7. The summed E-state index contributed by atoms with van der Waals surface area (Å²) in [6.45, 7) is 1.63. The molecular formula is C27H27ClO9. The third kappa shape index (κ3) is 4.07. The quantitative estimate of drug-likeness (QED) is 0.518. The number of hydrogen-bond donors (Lipinski definition) is 1. The molecule has 4 rings (SSSR count). The minimum atomic E-state index is -1.95. The van der Waals surface area contributed by atoms with E-state index in [1.165, 1.54) is 34.5 Å². The zero-order valence-electron chi connectivity index (χ0n) is 21.0. The molecule has 0 amide bonds. The molecule has 37 heavy (non-hydrogen) atoms. The number of halogens is 1. The highest BCUT2D eigenvalue weighted by atomic mass is 35.5. The van der Waals surface area contributed by atoms with Crippen LogP contribution in [0, 0.1) is 5.92 Å². The molecule has 0 saturated heterocycles. The normalized spacial score (nSPS) is 21.4. The first-order chi connectivity index (χ1) is 17.6. The summed E-state index contributed by atoms with van der Waals surface area (Å²) in [5, 5.41) is 11.8. The smallest absolute Gasteiger partial charge is 0.306 e. The van der Waals surface area contributed by atoms with Crippen molar-refractivity contribution in [1.29, 1.82) is 0 Å². The molecule has 3 atom stereocenters. The average molecular weight is 531 g/mol. The molecule has 0 bridgehead atoms. The Kier molecular flexibility index (Phi) is 7.10. The average Bonchev–Trinajstić information content (AvgIpc) is 3.22. The van der Waals surface area contributed by atoms with Crippen LogP contribution in [0.25, 0.3) is 0 Å². The second-order valence-electron chi connectivity index (χ2n) is 8.86. The van der Waals surface area contributed by atoms with E-state index in [1.54, 1.807) is 31.2 Å². The zero-order chi connectivity index (χ0) is 27.1. The van der Waals surface area contributed by atoms with Crippen molar-refractivity contribution < 1.29 is 43.2 Å². The van der Waals surface area contributed by atoms with E-state index in [-0.39, 0.29) is 46.2 Å². The van der Waals surface area contributed by atoms with Crippen molar-refractivity contribution in [3.63, 3.8) is 0 Å². The van der Waals surface area contributed by atoms with Gasteiger partial charge in [0.25, 0.3) is 0 Å². The number of fused-ring (bicyclic) bond motifs is 1. The number of methoxy groups -OCH3 is 4. The van der Waals surface area contributed by atoms with Crippen molar-refractivity contribution in [2.24, 2.45) is 5.92 Å². The van der Waals surface area contributed by atoms with Crippen molar-refractivity contribution >= 4 is 29.1 Å². The molecule has 1 spiro atoms. The summed E-state index contributed by atoms with van der Waals surface area (Å²) in [5.41, 5.74) is -1.47. The number of hydrogen-bond acceptors (Lipinski definition) is 9. The molecule has 0 fully saturated rings. The number of carbonyl (C=O) groups is 3. The molecular weight excluding hydrogens is 504 g/mol. The minimum absolute atomic E-state index is 0.0102. The van der Waals surface area contributed by atoms with E-state index in [4.69, 9.17) is 35.3 Å². The molecule has 1 aliphatic heterocycles. The van der Waals surface area contributed by atoms with Gasteiger partial charge in [-0.2, -0.15) is 0 Å². The lowest BCUT2D eigenvalue weighted by molar-refractivity contribution is -0.140. The number of aliphatic hydroxyl groups excluding tert-OH is 1. The number of Topliss-reactive ketones (excluding diaryl/α,β-unsaturated/α-hetero) is 2. The van der Waals surface area contributed by atoms with Gasteiger partial charge in [0.05, 0.1) is 34.9 Å². The summed E-state index contributed by atoms with van der Waals surface area (Å²) in [6.07, 6.45) is -0.374. The number of ether oxygens (including phenoxy) is 5. The first-order valence-corrected chi connectivity index (χ1v) is 11.9. The molecule has 1 aliphatic carbocycles. The van der Waals surface area contributed by atoms with E-state index in [0.29, 0.717) is 11.3 Å².